The van der Waals surface area contributed by atoms with Crippen LogP contribution in [-0.4, -0.2) is 51.5 Å². The Balaban J connectivity index is 1.43. The van der Waals surface area contributed by atoms with E-state index in [0.717, 1.165) is 29.2 Å². The van der Waals surface area contributed by atoms with Gasteiger partial charge in [0.25, 0.3) is 5.69 Å². The van der Waals surface area contributed by atoms with Crippen LogP contribution in [0, 0.1) is 16.0 Å². The van der Waals surface area contributed by atoms with Crippen molar-refractivity contribution in [2.24, 2.45) is 5.92 Å². The van der Waals surface area contributed by atoms with Crippen molar-refractivity contribution in [2.75, 3.05) is 29.4 Å². The third-order valence-electron chi connectivity index (χ3n) is 6.33. The van der Waals surface area contributed by atoms with Crippen LogP contribution in [0.3, 0.4) is 0 Å². The monoisotopic (exact) mass is 445 g/mol. The van der Waals surface area contributed by atoms with Gasteiger partial charge in [-0.05, 0) is 35.7 Å². The second kappa shape index (κ2) is 8.81. The zero-order valence-corrected chi connectivity index (χ0v) is 17.9. The first-order valence-corrected chi connectivity index (χ1v) is 10.8. The Morgan fingerprint density at radius 2 is 1.97 bits per heavy atom. The molecule has 2 aliphatic rings. The largest absolute Gasteiger partial charge is 0.364 e. The molecule has 0 saturated carbocycles. The molecule has 0 radical (unpaired) electrons. The molecule has 33 heavy (non-hydrogen) atoms. The summed E-state index contributed by atoms with van der Waals surface area (Å²) in [6.45, 7) is 2.42. The van der Waals surface area contributed by atoms with Gasteiger partial charge in [-0.15, -0.1) is 0 Å². The second-order valence-corrected chi connectivity index (χ2v) is 8.22. The number of benzene rings is 1. The number of aromatic nitrogens is 3. The number of nitrogens with zero attached hydrogens (tertiary/aromatic N) is 6. The molecule has 0 unspecified atom stereocenters. The highest BCUT2D eigenvalue weighted by atomic mass is 16.6. The number of pyridine rings is 1. The van der Waals surface area contributed by atoms with E-state index in [1.165, 1.54) is 6.07 Å². The Hall–Kier alpha value is -4.08. The van der Waals surface area contributed by atoms with Gasteiger partial charge in [0.2, 0.25) is 5.91 Å². The maximum Gasteiger partial charge on any atom is 0.269 e. The Morgan fingerprint density at radius 1 is 1.12 bits per heavy atom. The molecule has 1 saturated heterocycles. The molecule has 4 heterocycles. The Bertz CT molecular complexity index is 1160. The van der Waals surface area contributed by atoms with Gasteiger partial charge in [0, 0.05) is 68.8 Å². The average molecular weight is 445 g/mol. The number of fused-ring (bicyclic) bond motifs is 3. The fourth-order valence-electron chi connectivity index (χ4n) is 4.71. The summed E-state index contributed by atoms with van der Waals surface area (Å²) >= 11 is 0. The number of piperazine rings is 1. The first-order chi connectivity index (χ1) is 16.1. The lowest BCUT2D eigenvalue weighted by atomic mass is 9.83. The molecule has 1 amide bonds. The number of hydrogen-bond donors (Lipinski definition) is 1. The molecule has 1 N–H and O–H groups in total. The predicted molar refractivity (Wildman–Crippen MR) is 122 cm³/mol. The van der Waals surface area contributed by atoms with Crippen molar-refractivity contribution in [2.45, 2.75) is 19.0 Å². The van der Waals surface area contributed by atoms with E-state index < -0.39 is 4.92 Å². The molecule has 5 rings (SSSR count). The van der Waals surface area contributed by atoms with Crippen molar-refractivity contribution in [3.05, 3.63) is 82.6 Å². The number of carbonyl (C=O) groups excluding carboxylic acids is 1. The summed E-state index contributed by atoms with van der Waals surface area (Å²) in [6, 6.07) is 8.58. The first kappa shape index (κ1) is 20.8. The third-order valence-corrected chi connectivity index (χ3v) is 6.33. The fourth-order valence-corrected chi connectivity index (χ4v) is 4.71. The van der Waals surface area contributed by atoms with E-state index in [-0.39, 0.29) is 23.6 Å². The molecule has 2 atom stereocenters. The average Bonchev–Trinajstić information content (AvgIpc) is 2.87. The third kappa shape index (κ3) is 4.19. The van der Waals surface area contributed by atoms with E-state index >= 15 is 0 Å². The van der Waals surface area contributed by atoms with E-state index in [4.69, 9.17) is 0 Å². The number of amides is 1. The lowest BCUT2D eigenvalue weighted by Crippen LogP contribution is -2.61. The number of nitro groups is 1. The van der Waals surface area contributed by atoms with Crippen LogP contribution in [0.1, 0.15) is 11.1 Å². The molecule has 10 nitrogen and oxygen atoms in total. The number of hydrogen-bond acceptors (Lipinski definition) is 8. The first-order valence-electron chi connectivity index (χ1n) is 10.8. The van der Waals surface area contributed by atoms with Crippen LogP contribution in [0.5, 0.6) is 0 Å². The Labute approximate surface area is 190 Å². The molecule has 168 valence electrons. The van der Waals surface area contributed by atoms with Gasteiger partial charge in [0.05, 0.1) is 23.1 Å². The van der Waals surface area contributed by atoms with Crippen molar-refractivity contribution < 1.29 is 9.72 Å². The van der Waals surface area contributed by atoms with E-state index in [1.807, 2.05) is 18.2 Å². The molecule has 10 heteroatoms. The van der Waals surface area contributed by atoms with Gasteiger partial charge in [0.15, 0.2) is 0 Å². The number of anilines is 2. The molecule has 0 aliphatic carbocycles. The van der Waals surface area contributed by atoms with Crippen molar-refractivity contribution >= 4 is 23.1 Å². The van der Waals surface area contributed by atoms with Gasteiger partial charge >= 0.3 is 0 Å². The zero-order valence-electron chi connectivity index (χ0n) is 17.9. The van der Waals surface area contributed by atoms with Crippen LogP contribution in [0.15, 0.2) is 61.3 Å². The van der Waals surface area contributed by atoms with E-state index in [1.54, 1.807) is 37.1 Å². The van der Waals surface area contributed by atoms with E-state index in [9.17, 15) is 14.9 Å². The zero-order chi connectivity index (χ0) is 22.8. The summed E-state index contributed by atoms with van der Waals surface area (Å²) in [5.74, 6) is 0.350. The number of non-ortho nitro benzene ring substituents is 1. The van der Waals surface area contributed by atoms with Crippen LogP contribution in [0.2, 0.25) is 0 Å². The highest BCUT2D eigenvalue weighted by Gasteiger charge is 2.42. The molecule has 3 aromatic rings. The van der Waals surface area contributed by atoms with Gasteiger partial charge in [0.1, 0.15) is 5.82 Å². The van der Waals surface area contributed by atoms with E-state index in [2.05, 4.69) is 30.1 Å². The van der Waals surface area contributed by atoms with Crippen molar-refractivity contribution in [1.82, 2.24) is 20.3 Å². The van der Waals surface area contributed by atoms with Gasteiger partial charge in [-0.3, -0.25) is 24.9 Å². The van der Waals surface area contributed by atoms with Gasteiger partial charge < -0.3 is 15.1 Å². The van der Waals surface area contributed by atoms with Crippen molar-refractivity contribution in [1.29, 1.82) is 0 Å². The quantitative estimate of drug-likeness (QED) is 0.468. The minimum atomic E-state index is -0.392. The lowest BCUT2D eigenvalue weighted by molar-refractivity contribution is -0.384. The molecule has 0 bridgehead atoms. The maximum atomic E-state index is 13.4. The summed E-state index contributed by atoms with van der Waals surface area (Å²) in [6.07, 6.45) is 8.86. The summed E-state index contributed by atoms with van der Waals surface area (Å²) in [7, 11) is 0. The van der Waals surface area contributed by atoms with Crippen LogP contribution in [0.25, 0.3) is 0 Å². The maximum absolute atomic E-state index is 13.4. The molecule has 1 aromatic carbocycles. The number of rotatable bonds is 5. The highest BCUT2D eigenvalue weighted by molar-refractivity contribution is 5.82. The topological polar surface area (TPSA) is 117 Å². The lowest BCUT2D eigenvalue weighted by Gasteiger charge is -2.49. The second-order valence-electron chi connectivity index (χ2n) is 8.22. The summed E-state index contributed by atoms with van der Waals surface area (Å²) in [4.78, 5) is 41.3. The normalized spacial score (nSPS) is 19.4. The molecule has 2 aromatic heterocycles. The van der Waals surface area contributed by atoms with Gasteiger partial charge in [-0.2, -0.15) is 0 Å². The van der Waals surface area contributed by atoms with Crippen LogP contribution < -0.4 is 15.1 Å². The molecule has 0 spiro atoms. The Morgan fingerprint density at radius 3 is 2.73 bits per heavy atom. The predicted octanol–water partition coefficient (Wildman–Crippen LogP) is 1.96. The summed E-state index contributed by atoms with van der Waals surface area (Å²) < 4.78 is 0. The summed E-state index contributed by atoms with van der Waals surface area (Å²) in [5.41, 5.74) is 2.80. The Kier molecular flexibility index (Phi) is 5.55. The number of nitro benzene ring substituents is 1. The standard InChI is InChI=1S/C23H23N7O3/c31-23(27-13-16-3-5-24-6-4-16)19-12-17-11-18(30(32)33)1-2-20(17)29-10-9-28(15-21(19)29)22-14-25-7-8-26-22/h1-8,11,14,19,21H,9-10,12-13,15H2,(H,27,31)/t19-,21+/m0/s1. The number of carbonyl (C=O) groups is 1. The van der Waals surface area contributed by atoms with Crippen LogP contribution in [-0.2, 0) is 17.8 Å². The molecular formula is C23H23N7O3. The number of nitrogens with one attached hydrogen (secondary N) is 1. The van der Waals surface area contributed by atoms with Crippen molar-refractivity contribution in [3.63, 3.8) is 0 Å². The SMILES string of the molecule is O=C(NCc1ccncc1)[C@H]1Cc2cc([N+](=O)[O-])ccc2N2CCN(c3cnccn3)C[C@H]12. The minimum absolute atomic E-state index is 0.0429. The fraction of sp³-hybridized carbons (Fsp3) is 0.304. The van der Waals surface area contributed by atoms with E-state index in [0.29, 0.717) is 26.1 Å². The molecular weight excluding hydrogens is 422 g/mol. The molecule has 1 fully saturated rings. The van der Waals surface area contributed by atoms with Crippen LogP contribution >= 0.6 is 0 Å². The van der Waals surface area contributed by atoms with Gasteiger partial charge in [-0.25, -0.2) is 4.98 Å². The van der Waals surface area contributed by atoms with Gasteiger partial charge in [-0.1, -0.05) is 0 Å². The highest BCUT2D eigenvalue weighted by Crippen LogP contribution is 2.38. The smallest absolute Gasteiger partial charge is 0.269 e. The van der Waals surface area contributed by atoms with Crippen molar-refractivity contribution in [3.8, 4) is 0 Å². The minimum Gasteiger partial charge on any atom is -0.364 e. The van der Waals surface area contributed by atoms with Crippen LogP contribution in [0.4, 0.5) is 17.2 Å². The molecule has 2 aliphatic heterocycles. The summed E-state index contributed by atoms with van der Waals surface area (Å²) in [5, 5.41) is 14.4.